The van der Waals surface area contributed by atoms with Gasteiger partial charge >= 0.3 is 6.18 Å². The van der Waals surface area contributed by atoms with E-state index in [0.29, 0.717) is 5.56 Å². The van der Waals surface area contributed by atoms with Gasteiger partial charge in [0.25, 0.3) is 0 Å². The van der Waals surface area contributed by atoms with Gasteiger partial charge in [-0.25, -0.2) is 0 Å². The van der Waals surface area contributed by atoms with Crippen molar-refractivity contribution in [3.8, 4) is 0 Å². The van der Waals surface area contributed by atoms with E-state index in [1.54, 1.807) is 13.8 Å². The monoisotopic (exact) mass is 246 g/mol. The van der Waals surface area contributed by atoms with Gasteiger partial charge in [0.05, 0.1) is 5.54 Å². The van der Waals surface area contributed by atoms with Crippen LogP contribution in [0.3, 0.4) is 0 Å². The molecular formula is C11H13F3N2O. The van der Waals surface area contributed by atoms with Crippen LogP contribution in [0.2, 0.25) is 0 Å². The summed E-state index contributed by atoms with van der Waals surface area (Å²) in [5, 5.41) is 2.63. The minimum absolute atomic E-state index is 0.255. The summed E-state index contributed by atoms with van der Waals surface area (Å²) in [4.78, 5) is 14.3. The van der Waals surface area contributed by atoms with Crippen LogP contribution in [-0.4, -0.2) is 10.9 Å². The molecule has 17 heavy (non-hydrogen) atoms. The van der Waals surface area contributed by atoms with Crippen molar-refractivity contribution >= 4 is 5.91 Å². The molecule has 0 fully saturated rings. The maximum atomic E-state index is 12.3. The highest BCUT2D eigenvalue weighted by molar-refractivity contribution is 5.74. The molecule has 1 N–H and O–H groups in total. The number of hydrogen-bond acceptors (Lipinski definition) is 2. The van der Waals surface area contributed by atoms with Crippen molar-refractivity contribution in [2.75, 3.05) is 0 Å². The summed E-state index contributed by atoms with van der Waals surface area (Å²) in [6, 6.07) is 2.21. The molecular weight excluding hydrogens is 233 g/mol. The zero-order chi connectivity index (χ0) is 13.3. The fraction of sp³-hybridized carbons (Fsp3) is 0.455. The van der Waals surface area contributed by atoms with Crippen LogP contribution in [0.25, 0.3) is 0 Å². The number of pyridine rings is 1. The fourth-order valence-corrected chi connectivity index (χ4v) is 1.44. The molecule has 0 saturated heterocycles. The first-order chi connectivity index (χ1) is 7.63. The zero-order valence-corrected chi connectivity index (χ0v) is 9.72. The van der Waals surface area contributed by atoms with E-state index < -0.39 is 17.4 Å². The number of halogens is 3. The molecule has 0 aromatic carbocycles. The summed E-state index contributed by atoms with van der Waals surface area (Å²) in [5.41, 5.74) is -1.18. The molecule has 0 unspecified atom stereocenters. The van der Waals surface area contributed by atoms with Crippen LogP contribution in [0, 0.1) is 0 Å². The third-order valence-electron chi connectivity index (χ3n) is 2.26. The van der Waals surface area contributed by atoms with Crippen LogP contribution in [0.15, 0.2) is 18.3 Å². The first-order valence-electron chi connectivity index (χ1n) is 4.95. The number of carbonyl (C=O) groups excluding carboxylic acids is 1. The van der Waals surface area contributed by atoms with E-state index in [0.717, 1.165) is 12.3 Å². The van der Waals surface area contributed by atoms with Gasteiger partial charge in [-0.2, -0.15) is 13.2 Å². The molecule has 0 bridgehead atoms. The number of nitrogens with zero attached hydrogens (tertiary/aromatic N) is 1. The minimum Gasteiger partial charge on any atom is -0.347 e. The largest absolute Gasteiger partial charge is 0.433 e. The molecule has 1 aromatic rings. The Morgan fingerprint density at radius 1 is 1.29 bits per heavy atom. The SMILES string of the molecule is CC(=O)NC(C)(C)c1ccc(C(F)(F)F)nc1. The first kappa shape index (κ1) is 13.5. The Balaban J connectivity index is 2.98. The lowest BCUT2D eigenvalue weighted by Gasteiger charge is -2.26. The average Bonchev–Trinajstić information content (AvgIpc) is 2.14. The average molecular weight is 246 g/mol. The zero-order valence-electron chi connectivity index (χ0n) is 9.72. The van der Waals surface area contributed by atoms with E-state index in [9.17, 15) is 18.0 Å². The maximum Gasteiger partial charge on any atom is 0.433 e. The first-order valence-corrected chi connectivity index (χ1v) is 4.95. The lowest BCUT2D eigenvalue weighted by molar-refractivity contribution is -0.141. The highest BCUT2D eigenvalue weighted by Crippen LogP contribution is 2.28. The van der Waals surface area contributed by atoms with Crippen molar-refractivity contribution in [2.24, 2.45) is 0 Å². The quantitative estimate of drug-likeness (QED) is 0.871. The van der Waals surface area contributed by atoms with Gasteiger partial charge in [-0.05, 0) is 25.5 Å². The molecule has 1 aromatic heterocycles. The normalized spacial score (nSPS) is 12.4. The molecule has 1 amide bonds. The summed E-state index contributed by atoms with van der Waals surface area (Å²) in [5.74, 6) is -0.255. The second kappa shape index (κ2) is 4.35. The highest BCUT2D eigenvalue weighted by Gasteiger charge is 2.33. The van der Waals surface area contributed by atoms with Crippen molar-refractivity contribution in [3.63, 3.8) is 0 Å². The summed E-state index contributed by atoms with van der Waals surface area (Å²) in [6.45, 7) is 4.73. The number of amides is 1. The molecule has 0 radical (unpaired) electrons. The third kappa shape index (κ3) is 3.44. The topological polar surface area (TPSA) is 42.0 Å². The summed E-state index contributed by atoms with van der Waals surface area (Å²) >= 11 is 0. The summed E-state index contributed by atoms with van der Waals surface area (Å²) < 4.78 is 36.9. The fourth-order valence-electron chi connectivity index (χ4n) is 1.44. The van der Waals surface area contributed by atoms with Gasteiger partial charge in [0, 0.05) is 13.1 Å². The van der Waals surface area contributed by atoms with Crippen LogP contribution in [-0.2, 0) is 16.5 Å². The third-order valence-corrected chi connectivity index (χ3v) is 2.26. The van der Waals surface area contributed by atoms with E-state index in [1.807, 2.05) is 0 Å². The van der Waals surface area contributed by atoms with Crippen LogP contribution >= 0.6 is 0 Å². The number of hydrogen-bond donors (Lipinski definition) is 1. The van der Waals surface area contributed by atoms with Crippen molar-refractivity contribution in [1.29, 1.82) is 0 Å². The molecule has 1 heterocycles. The van der Waals surface area contributed by atoms with Gasteiger partial charge < -0.3 is 5.32 Å². The van der Waals surface area contributed by atoms with Crippen LogP contribution in [0.1, 0.15) is 32.0 Å². The number of nitrogens with one attached hydrogen (secondary N) is 1. The Morgan fingerprint density at radius 3 is 2.24 bits per heavy atom. The molecule has 0 atom stereocenters. The second-order valence-corrected chi connectivity index (χ2v) is 4.24. The van der Waals surface area contributed by atoms with Gasteiger partial charge in [0.15, 0.2) is 0 Å². The standard InChI is InChI=1S/C11H13F3N2O/c1-7(17)16-10(2,3)8-4-5-9(15-6-8)11(12,13)14/h4-6H,1-3H3,(H,16,17). The maximum absolute atomic E-state index is 12.3. The van der Waals surface area contributed by atoms with Gasteiger partial charge in [-0.15, -0.1) is 0 Å². The smallest absolute Gasteiger partial charge is 0.347 e. The van der Waals surface area contributed by atoms with Crippen LogP contribution in [0.5, 0.6) is 0 Å². The summed E-state index contributed by atoms with van der Waals surface area (Å²) in [6.07, 6.45) is -3.32. The molecule has 0 aliphatic rings. The Hall–Kier alpha value is -1.59. The van der Waals surface area contributed by atoms with E-state index >= 15 is 0 Å². The molecule has 94 valence electrons. The van der Waals surface area contributed by atoms with E-state index in [1.165, 1.54) is 13.0 Å². The van der Waals surface area contributed by atoms with Crippen molar-refractivity contribution < 1.29 is 18.0 Å². The molecule has 0 aliphatic heterocycles. The Bertz CT molecular complexity index is 410. The molecule has 0 spiro atoms. The second-order valence-electron chi connectivity index (χ2n) is 4.24. The molecule has 0 saturated carbocycles. The van der Waals surface area contributed by atoms with Gasteiger partial charge in [-0.1, -0.05) is 6.07 Å². The predicted molar refractivity (Wildman–Crippen MR) is 56.1 cm³/mol. The van der Waals surface area contributed by atoms with E-state index in [2.05, 4.69) is 10.3 Å². The molecule has 1 rings (SSSR count). The van der Waals surface area contributed by atoms with Gasteiger partial charge in [-0.3, -0.25) is 9.78 Å². The Labute approximate surface area is 97.0 Å². The van der Waals surface area contributed by atoms with E-state index in [4.69, 9.17) is 0 Å². The predicted octanol–water partition coefficient (Wildman–Crippen LogP) is 2.47. The lowest BCUT2D eigenvalue weighted by Crippen LogP contribution is -2.39. The Kier molecular flexibility index (Phi) is 3.45. The molecule has 6 heteroatoms. The van der Waals surface area contributed by atoms with Crippen molar-refractivity contribution in [3.05, 3.63) is 29.6 Å². The van der Waals surface area contributed by atoms with Crippen LogP contribution < -0.4 is 5.32 Å². The highest BCUT2D eigenvalue weighted by atomic mass is 19.4. The van der Waals surface area contributed by atoms with Crippen molar-refractivity contribution in [1.82, 2.24) is 10.3 Å². The molecule has 0 aliphatic carbocycles. The Morgan fingerprint density at radius 2 is 1.88 bits per heavy atom. The van der Waals surface area contributed by atoms with Gasteiger partial charge in [0.2, 0.25) is 5.91 Å². The van der Waals surface area contributed by atoms with Crippen LogP contribution in [0.4, 0.5) is 13.2 Å². The molecule has 3 nitrogen and oxygen atoms in total. The van der Waals surface area contributed by atoms with Gasteiger partial charge in [0.1, 0.15) is 5.69 Å². The number of carbonyl (C=O) groups is 1. The number of rotatable bonds is 2. The number of alkyl halides is 3. The van der Waals surface area contributed by atoms with E-state index in [-0.39, 0.29) is 5.91 Å². The summed E-state index contributed by atoms with van der Waals surface area (Å²) in [7, 11) is 0. The minimum atomic E-state index is -4.45. The number of aromatic nitrogens is 1. The van der Waals surface area contributed by atoms with Crippen molar-refractivity contribution in [2.45, 2.75) is 32.5 Å². The lowest BCUT2D eigenvalue weighted by atomic mass is 9.95.